The summed E-state index contributed by atoms with van der Waals surface area (Å²) in [6.07, 6.45) is 8.16. The minimum absolute atomic E-state index is 0.0351. The van der Waals surface area contributed by atoms with E-state index in [9.17, 15) is 9.90 Å². The molecule has 39 heavy (non-hydrogen) atoms. The Morgan fingerprint density at radius 3 is 2.23 bits per heavy atom. The summed E-state index contributed by atoms with van der Waals surface area (Å²) in [5, 5.41) is 9.26. The highest BCUT2D eigenvalue weighted by Gasteiger charge is 2.22. The summed E-state index contributed by atoms with van der Waals surface area (Å²) in [4.78, 5) is 12.1. The molecule has 4 heteroatoms. The van der Waals surface area contributed by atoms with Crippen molar-refractivity contribution in [3.63, 3.8) is 0 Å². The second-order valence-corrected chi connectivity index (χ2v) is 11.9. The first-order valence-corrected chi connectivity index (χ1v) is 14.5. The van der Waals surface area contributed by atoms with Gasteiger partial charge in [-0.3, -0.25) is 4.79 Å². The molecule has 0 aromatic heterocycles. The smallest absolute Gasteiger partial charge is 0.311 e. The van der Waals surface area contributed by atoms with Crippen LogP contribution in [0.1, 0.15) is 81.9 Å². The van der Waals surface area contributed by atoms with Crippen LogP contribution in [0.5, 0.6) is 5.75 Å². The number of esters is 1. The van der Waals surface area contributed by atoms with Gasteiger partial charge in [0.25, 0.3) is 0 Å². The summed E-state index contributed by atoms with van der Waals surface area (Å²) in [6.45, 7) is 8.33. The Labute approximate surface area is 234 Å². The average molecular weight is 529 g/mol. The number of ether oxygens (including phenoxy) is 2. The Morgan fingerprint density at radius 1 is 0.872 bits per heavy atom. The van der Waals surface area contributed by atoms with E-state index in [-0.39, 0.29) is 19.2 Å². The number of hydrogen-bond acceptors (Lipinski definition) is 4. The molecular formula is C35H44O4. The van der Waals surface area contributed by atoms with Crippen LogP contribution in [0.25, 0.3) is 22.3 Å². The molecule has 3 aromatic rings. The summed E-state index contributed by atoms with van der Waals surface area (Å²) < 4.78 is 11.3. The molecule has 0 amide bonds. The maximum atomic E-state index is 12.1. The van der Waals surface area contributed by atoms with Gasteiger partial charge in [-0.15, -0.1) is 0 Å². The summed E-state index contributed by atoms with van der Waals surface area (Å²) in [6, 6.07) is 22.1. The molecule has 0 spiro atoms. The summed E-state index contributed by atoms with van der Waals surface area (Å²) in [5.74, 6) is 1.30. The maximum Gasteiger partial charge on any atom is 0.311 e. The molecule has 4 rings (SSSR count). The number of benzene rings is 3. The molecule has 3 aromatic carbocycles. The standard InChI is InChI=1S/C35H44O4/c1-25-23-29(28-14-12-27(13-15-28)26-9-6-5-7-10-26)16-18-32(25)30-17-19-33(38-22-20-36)31(24-30)11-8-21-39-34(37)35(2,3)4/h12-19,23-24,26,36H,5-11,20-22H2,1-4H3. The molecule has 1 aliphatic carbocycles. The van der Waals surface area contributed by atoms with Crippen molar-refractivity contribution in [2.24, 2.45) is 5.41 Å². The van der Waals surface area contributed by atoms with Gasteiger partial charge in [0, 0.05) is 0 Å². The predicted octanol–water partition coefficient (Wildman–Crippen LogP) is 8.27. The van der Waals surface area contributed by atoms with Crippen LogP contribution >= 0.6 is 0 Å². The average Bonchev–Trinajstić information content (AvgIpc) is 2.94. The maximum absolute atomic E-state index is 12.1. The fourth-order valence-corrected chi connectivity index (χ4v) is 5.43. The van der Waals surface area contributed by atoms with E-state index < -0.39 is 5.41 Å². The minimum Gasteiger partial charge on any atom is -0.491 e. The van der Waals surface area contributed by atoms with Gasteiger partial charge in [0.05, 0.1) is 18.6 Å². The van der Waals surface area contributed by atoms with Crippen molar-refractivity contribution < 1.29 is 19.4 Å². The molecule has 1 N–H and O–H groups in total. The zero-order chi connectivity index (χ0) is 27.8. The van der Waals surface area contributed by atoms with Gasteiger partial charge in [-0.25, -0.2) is 0 Å². The number of hydrogen-bond donors (Lipinski definition) is 1. The Balaban J connectivity index is 1.49. The van der Waals surface area contributed by atoms with Crippen LogP contribution in [0.15, 0.2) is 60.7 Å². The van der Waals surface area contributed by atoms with Gasteiger partial charge in [-0.05, 0) is 110 Å². The normalized spacial score (nSPS) is 14.3. The zero-order valence-electron chi connectivity index (χ0n) is 24.1. The van der Waals surface area contributed by atoms with E-state index in [0.29, 0.717) is 13.0 Å². The van der Waals surface area contributed by atoms with Gasteiger partial charge in [0.2, 0.25) is 0 Å². The molecule has 1 aliphatic rings. The Bertz CT molecular complexity index is 1230. The van der Waals surface area contributed by atoms with Crippen LogP contribution in [0.2, 0.25) is 0 Å². The number of aliphatic hydroxyl groups excluding tert-OH is 1. The highest BCUT2D eigenvalue weighted by atomic mass is 16.5. The van der Waals surface area contributed by atoms with Crippen molar-refractivity contribution in [2.75, 3.05) is 19.8 Å². The third-order valence-electron chi connectivity index (χ3n) is 7.70. The van der Waals surface area contributed by atoms with Crippen LogP contribution in [-0.4, -0.2) is 30.9 Å². The van der Waals surface area contributed by atoms with Crippen LogP contribution in [-0.2, 0) is 16.0 Å². The molecule has 0 aliphatic heterocycles. The van der Waals surface area contributed by atoms with E-state index in [4.69, 9.17) is 9.47 Å². The van der Waals surface area contributed by atoms with Crippen molar-refractivity contribution in [3.8, 4) is 28.0 Å². The summed E-state index contributed by atoms with van der Waals surface area (Å²) >= 11 is 0. The third-order valence-corrected chi connectivity index (χ3v) is 7.70. The fraction of sp³-hybridized carbons (Fsp3) is 0.457. The lowest BCUT2D eigenvalue weighted by Crippen LogP contribution is -2.23. The monoisotopic (exact) mass is 528 g/mol. The Hall–Kier alpha value is -3.11. The van der Waals surface area contributed by atoms with Gasteiger partial charge >= 0.3 is 5.97 Å². The minimum atomic E-state index is -0.504. The van der Waals surface area contributed by atoms with E-state index in [2.05, 4.69) is 61.5 Å². The Morgan fingerprint density at radius 2 is 1.56 bits per heavy atom. The molecular weight excluding hydrogens is 484 g/mol. The zero-order valence-corrected chi connectivity index (χ0v) is 24.1. The van der Waals surface area contributed by atoms with E-state index in [1.807, 2.05) is 26.8 Å². The van der Waals surface area contributed by atoms with Gasteiger partial charge < -0.3 is 14.6 Å². The molecule has 0 bridgehead atoms. The molecule has 0 atom stereocenters. The van der Waals surface area contributed by atoms with Gasteiger partial charge in [0.15, 0.2) is 0 Å². The lowest BCUT2D eigenvalue weighted by atomic mass is 9.83. The lowest BCUT2D eigenvalue weighted by molar-refractivity contribution is -0.153. The molecule has 4 nitrogen and oxygen atoms in total. The van der Waals surface area contributed by atoms with Crippen molar-refractivity contribution in [1.29, 1.82) is 0 Å². The number of carbonyl (C=O) groups is 1. The van der Waals surface area contributed by atoms with Gasteiger partial charge in [-0.1, -0.05) is 67.8 Å². The molecule has 1 saturated carbocycles. The van der Waals surface area contributed by atoms with Crippen LogP contribution in [0, 0.1) is 12.3 Å². The quantitative estimate of drug-likeness (QED) is 0.212. The summed E-state index contributed by atoms with van der Waals surface area (Å²) in [5.41, 5.74) is 8.05. The number of rotatable bonds is 10. The van der Waals surface area contributed by atoms with E-state index in [0.717, 1.165) is 29.2 Å². The number of aryl methyl sites for hydroxylation is 2. The number of carbonyl (C=O) groups excluding carboxylic acids is 1. The van der Waals surface area contributed by atoms with E-state index >= 15 is 0 Å². The molecule has 0 saturated heterocycles. The molecule has 0 unspecified atom stereocenters. The predicted molar refractivity (Wildman–Crippen MR) is 159 cm³/mol. The fourth-order valence-electron chi connectivity index (χ4n) is 5.43. The van der Waals surface area contributed by atoms with E-state index in [1.165, 1.54) is 59.9 Å². The van der Waals surface area contributed by atoms with E-state index in [1.54, 1.807) is 0 Å². The summed E-state index contributed by atoms with van der Waals surface area (Å²) in [7, 11) is 0. The lowest BCUT2D eigenvalue weighted by Gasteiger charge is -2.22. The second-order valence-electron chi connectivity index (χ2n) is 11.9. The Kier molecular flexibility index (Phi) is 9.85. The topological polar surface area (TPSA) is 55.8 Å². The van der Waals surface area contributed by atoms with Crippen LogP contribution in [0.4, 0.5) is 0 Å². The molecule has 1 fully saturated rings. The van der Waals surface area contributed by atoms with Crippen molar-refractivity contribution in [1.82, 2.24) is 0 Å². The van der Waals surface area contributed by atoms with Gasteiger partial charge in [-0.2, -0.15) is 0 Å². The molecule has 0 radical (unpaired) electrons. The highest BCUT2D eigenvalue weighted by Crippen LogP contribution is 2.35. The van der Waals surface area contributed by atoms with Crippen molar-refractivity contribution in [3.05, 3.63) is 77.4 Å². The highest BCUT2D eigenvalue weighted by molar-refractivity contribution is 5.75. The first-order valence-electron chi connectivity index (χ1n) is 14.5. The van der Waals surface area contributed by atoms with Gasteiger partial charge in [0.1, 0.15) is 12.4 Å². The molecule has 208 valence electrons. The van der Waals surface area contributed by atoms with Crippen molar-refractivity contribution >= 4 is 5.97 Å². The molecule has 0 heterocycles. The largest absolute Gasteiger partial charge is 0.491 e. The SMILES string of the molecule is Cc1cc(-c2ccc(C3CCCCC3)cc2)ccc1-c1ccc(OCCO)c(CCCOC(=O)C(C)(C)C)c1. The number of aliphatic hydroxyl groups is 1. The first kappa shape index (κ1) is 28.9. The first-order chi connectivity index (χ1) is 18.8. The van der Waals surface area contributed by atoms with Crippen molar-refractivity contribution in [2.45, 2.75) is 78.6 Å². The second kappa shape index (κ2) is 13.3. The third kappa shape index (κ3) is 7.73. The van der Waals surface area contributed by atoms with Crippen LogP contribution < -0.4 is 4.74 Å². The van der Waals surface area contributed by atoms with Crippen LogP contribution in [0.3, 0.4) is 0 Å².